The molecule has 1 saturated heterocycles. The third kappa shape index (κ3) is 6.27. The van der Waals surface area contributed by atoms with E-state index in [1.54, 1.807) is 18.3 Å². The van der Waals surface area contributed by atoms with Crippen LogP contribution in [0.15, 0.2) is 48.7 Å². The summed E-state index contributed by atoms with van der Waals surface area (Å²) in [6.07, 6.45) is 3.82. The third-order valence-electron chi connectivity index (χ3n) is 4.96. The zero-order valence-corrected chi connectivity index (χ0v) is 16.5. The predicted molar refractivity (Wildman–Crippen MR) is 111 cm³/mol. The van der Waals surface area contributed by atoms with Gasteiger partial charge >= 0.3 is 0 Å². The standard InChI is InChI=1S/C21H28N4OS/c26-20(19-9-6-11-23-21(19)27)22-10-4-5-12-24-13-15-25(16-14-24)17-18-7-2-1-3-8-18/h1-3,6-9,11H,4-5,10,12-17H2,(H,22,26)(H,23,27). The number of amides is 1. The highest BCUT2D eigenvalue weighted by molar-refractivity contribution is 7.71. The molecule has 1 amide bonds. The van der Waals surface area contributed by atoms with E-state index in [1.165, 1.54) is 5.56 Å². The quantitative estimate of drug-likeness (QED) is 0.543. The second kappa shape index (κ2) is 10.3. The van der Waals surface area contributed by atoms with Gasteiger partial charge in [-0.2, -0.15) is 0 Å². The van der Waals surface area contributed by atoms with E-state index in [4.69, 9.17) is 12.2 Å². The van der Waals surface area contributed by atoms with E-state index in [2.05, 4.69) is 50.4 Å². The Bertz CT molecular complexity index is 769. The number of aromatic nitrogens is 1. The van der Waals surface area contributed by atoms with Gasteiger partial charge in [0.25, 0.3) is 5.91 Å². The van der Waals surface area contributed by atoms with Crippen molar-refractivity contribution in [2.24, 2.45) is 0 Å². The lowest BCUT2D eigenvalue weighted by molar-refractivity contribution is 0.0950. The van der Waals surface area contributed by atoms with E-state index in [1.807, 2.05) is 0 Å². The van der Waals surface area contributed by atoms with Gasteiger partial charge in [0.15, 0.2) is 0 Å². The van der Waals surface area contributed by atoms with E-state index in [9.17, 15) is 4.79 Å². The molecule has 0 atom stereocenters. The van der Waals surface area contributed by atoms with Crippen molar-refractivity contribution in [3.05, 3.63) is 64.4 Å². The average Bonchev–Trinajstić information content (AvgIpc) is 2.70. The highest BCUT2D eigenvalue weighted by Crippen LogP contribution is 2.09. The fraction of sp³-hybridized carbons (Fsp3) is 0.429. The van der Waals surface area contributed by atoms with Crippen LogP contribution in [0.5, 0.6) is 0 Å². The molecule has 1 fully saturated rings. The summed E-state index contributed by atoms with van der Waals surface area (Å²) in [4.78, 5) is 20.0. The van der Waals surface area contributed by atoms with Gasteiger partial charge < -0.3 is 15.2 Å². The topological polar surface area (TPSA) is 51.4 Å². The van der Waals surface area contributed by atoms with Gasteiger partial charge in [-0.15, -0.1) is 0 Å². The van der Waals surface area contributed by atoms with E-state index in [0.717, 1.165) is 52.1 Å². The number of carbonyl (C=O) groups is 1. The molecule has 5 nitrogen and oxygen atoms in total. The van der Waals surface area contributed by atoms with Crippen molar-refractivity contribution in [2.45, 2.75) is 19.4 Å². The summed E-state index contributed by atoms with van der Waals surface area (Å²) in [5, 5.41) is 2.96. The van der Waals surface area contributed by atoms with Crippen LogP contribution in [-0.2, 0) is 6.54 Å². The summed E-state index contributed by atoms with van der Waals surface area (Å²) in [7, 11) is 0. The lowest BCUT2D eigenvalue weighted by Gasteiger charge is -2.34. The van der Waals surface area contributed by atoms with Crippen LogP contribution in [0, 0.1) is 4.64 Å². The van der Waals surface area contributed by atoms with E-state index < -0.39 is 0 Å². The lowest BCUT2D eigenvalue weighted by atomic mass is 10.2. The largest absolute Gasteiger partial charge is 0.352 e. The smallest absolute Gasteiger partial charge is 0.254 e. The Labute approximate surface area is 166 Å². The number of H-pyrrole nitrogens is 1. The lowest BCUT2D eigenvalue weighted by Crippen LogP contribution is -2.46. The Hall–Kier alpha value is -2.02. The number of pyridine rings is 1. The van der Waals surface area contributed by atoms with Crippen LogP contribution in [0.3, 0.4) is 0 Å². The maximum Gasteiger partial charge on any atom is 0.254 e. The monoisotopic (exact) mass is 384 g/mol. The van der Waals surface area contributed by atoms with Crippen molar-refractivity contribution >= 4 is 18.1 Å². The van der Waals surface area contributed by atoms with Gasteiger partial charge in [-0.3, -0.25) is 9.69 Å². The van der Waals surface area contributed by atoms with Crippen molar-refractivity contribution in [3.8, 4) is 0 Å². The molecule has 144 valence electrons. The van der Waals surface area contributed by atoms with Gasteiger partial charge in [-0.05, 0) is 37.1 Å². The van der Waals surface area contributed by atoms with E-state index in [0.29, 0.717) is 16.7 Å². The Kier molecular flexibility index (Phi) is 7.56. The molecule has 0 bridgehead atoms. The number of carbonyl (C=O) groups excluding carboxylic acids is 1. The molecule has 1 aliphatic rings. The molecule has 27 heavy (non-hydrogen) atoms. The van der Waals surface area contributed by atoms with Crippen molar-refractivity contribution in [1.82, 2.24) is 20.1 Å². The molecule has 3 rings (SSSR count). The van der Waals surface area contributed by atoms with Gasteiger partial charge in [0.2, 0.25) is 0 Å². The third-order valence-corrected chi connectivity index (χ3v) is 5.30. The summed E-state index contributed by atoms with van der Waals surface area (Å²) in [5.41, 5.74) is 1.93. The maximum absolute atomic E-state index is 12.1. The highest BCUT2D eigenvalue weighted by atomic mass is 32.1. The summed E-state index contributed by atoms with van der Waals surface area (Å²) < 4.78 is 0.489. The molecule has 0 radical (unpaired) electrons. The number of hydrogen-bond acceptors (Lipinski definition) is 4. The molecule has 2 N–H and O–H groups in total. The minimum atomic E-state index is -0.0913. The van der Waals surface area contributed by atoms with Crippen molar-refractivity contribution < 1.29 is 4.79 Å². The molecule has 1 aromatic heterocycles. The van der Waals surface area contributed by atoms with E-state index in [-0.39, 0.29) is 5.91 Å². The first-order valence-electron chi connectivity index (χ1n) is 9.67. The van der Waals surface area contributed by atoms with Crippen molar-refractivity contribution in [1.29, 1.82) is 0 Å². The van der Waals surface area contributed by atoms with Gasteiger partial charge in [-0.25, -0.2) is 0 Å². The van der Waals surface area contributed by atoms with Crippen LogP contribution in [0.2, 0.25) is 0 Å². The first kappa shape index (κ1) is 19.7. The van der Waals surface area contributed by atoms with Crippen LogP contribution >= 0.6 is 12.2 Å². The van der Waals surface area contributed by atoms with Gasteiger partial charge in [0.05, 0.1) is 5.56 Å². The van der Waals surface area contributed by atoms with Gasteiger partial charge in [-0.1, -0.05) is 42.5 Å². The Balaban J connectivity index is 1.28. The summed E-state index contributed by atoms with van der Waals surface area (Å²) in [5.74, 6) is -0.0913. The van der Waals surface area contributed by atoms with E-state index >= 15 is 0 Å². The van der Waals surface area contributed by atoms with Gasteiger partial charge in [0, 0.05) is 45.5 Å². The molecule has 6 heteroatoms. The van der Waals surface area contributed by atoms with Crippen LogP contribution in [0.25, 0.3) is 0 Å². The Morgan fingerprint density at radius 3 is 2.48 bits per heavy atom. The number of piperazine rings is 1. The van der Waals surface area contributed by atoms with Crippen molar-refractivity contribution in [2.75, 3.05) is 39.3 Å². The molecule has 0 unspecified atom stereocenters. The van der Waals surface area contributed by atoms with Crippen molar-refractivity contribution in [3.63, 3.8) is 0 Å². The molecular formula is C21H28N4OS. The number of benzene rings is 1. The predicted octanol–water partition coefficient (Wildman–Crippen LogP) is 3.07. The molecule has 0 saturated carbocycles. The Morgan fingerprint density at radius 2 is 1.74 bits per heavy atom. The first-order chi connectivity index (χ1) is 13.2. The SMILES string of the molecule is O=C(NCCCCN1CCN(Cc2ccccc2)CC1)c1ccc[nH]c1=S. The molecule has 0 aliphatic carbocycles. The molecule has 2 aromatic rings. The molecule has 2 heterocycles. The highest BCUT2D eigenvalue weighted by Gasteiger charge is 2.16. The minimum absolute atomic E-state index is 0.0913. The van der Waals surface area contributed by atoms with Crippen LogP contribution in [0.4, 0.5) is 0 Å². The second-order valence-corrected chi connectivity index (χ2v) is 7.39. The van der Waals surface area contributed by atoms with Crippen LogP contribution in [-0.4, -0.2) is 60.0 Å². The van der Waals surface area contributed by atoms with Crippen LogP contribution < -0.4 is 5.32 Å². The fourth-order valence-electron chi connectivity index (χ4n) is 3.37. The second-order valence-electron chi connectivity index (χ2n) is 6.98. The normalized spacial score (nSPS) is 15.6. The van der Waals surface area contributed by atoms with Gasteiger partial charge in [0.1, 0.15) is 4.64 Å². The number of unbranched alkanes of at least 4 members (excludes halogenated alkanes) is 1. The zero-order chi connectivity index (χ0) is 18.9. The number of aromatic amines is 1. The molecule has 1 aliphatic heterocycles. The summed E-state index contributed by atoms with van der Waals surface area (Å²) in [6, 6.07) is 14.2. The number of hydrogen-bond donors (Lipinski definition) is 2. The zero-order valence-electron chi connectivity index (χ0n) is 15.7. The number of rotatable bonds is 8. The average molecular weight is 385 g/mol. The molecule has 0 spiro atoms. The summed E-state index contributed by atoms with van der Waals surface area (Å²) in [6.45, 7) is 7.32. The van der Waals surface area contributed by atoms with Crippen LogP contribution in [0.1, 0.15) is 28.8 Å². The maximum atomic E-state index is 12.1. The Morgan fingerprint density at radius 1 is 1.00 bits per heavy atom. The minimum Gasteiger partial charge on any atom is -0.352 e. The number of nitrogens with zero attached hydrogens (tertiary/aromatic N) is 2. The first-order valence-corrected chi connectivity index (χ1v) is 10.1. The molecular weight excluding hydrogens is 356 g/mol. The summed E-state index contributed by atoms with van der Waals surface area (Å²) >= 11 is 5.14. The number of nitrogens with one attached hydrogen (secondary N) is 2. The fourth-order valence-corrected chi connectivity index (χ4v) is 3.60. The molecule has 1 aromatic carbocycles.